The van der Waals surface area contributed by atoms with Crippen LogP contribution < -0.4 is 9.80 Å². The molecule has 0 bridgehead atoms. The van der Waals surface area contributed by atoms with Crippen molar-refractivity contribution in [1.82, 2.24) is 4.73 Å². The first kappa shape index (κ1) is 23.6. The summed E-state index contributed by atoms with van der Waals surface area (Å²) in [5.41, 5.74) is 7.67. The number of anilines is 6. The van der Waals surface area contributed by atoms with Crippen molar-refractivity contribution in [3.63, 3.8) is 0 Å². The third kappa shape index (κ3) is 4.12. The molecule has 0 amide bonds. The lowest BCUT2D eigenvalue weighted by Crippen LogP contribution is -2.10. The second kappa shape index (κ2) is 10.0. The molecule has 0 unspecified atom stereocenters. The highest BCUT2D eigenvalue weighted by atomic mass is 16.5. The van der Waals surface area contributed by atoms with E-state index in [0.717, 1.165) is 55.9 Å². The van der Waals surface area contributed by atoms with Crippen molar-refractivity contribution >= 4 is 55.9 Å². The van der Waals surface area contributed by atoms with E-state index in [2.05, 4.69) is 94.7 Å². The third-order valence-electron chi connectivity index (χ3n) is 7.28. The monoisotopic (exact) mass is 517 g/mol. The van der Waals surface area contributed by atoms with Gasteiger partial charge in [0, 0.05) is 44.9 Å². The van der Waals surface area contributed by atoms with Gasteiger partial charge >= 0.3 is 0 Å². The Morgan fingerprint density at radius 3 is 0.950 bits per heavy atom. The Bertz CT molecular complexity index is 1680. The molecule has 0 spiro atoms. The van der Waals surface area contributed by atoms with Gasteiger partial charge in [0.25, 0.3) is 0 Å². The standard InChI is InChI=1S/C36H27N3O/c40-39-35-25-31(37(27-13-5-1-6-14-27)28-15-7-2-8-16-28)21-23-33(35)34-24-22-32(26-36(34)39)38(29-17-9-3-10-18-29)30-19-11-4-12-20-30/h1-26,40H. The van der Waals surface area contributed by atoms with Crippen molar-refractivity contribution in [2.24, 2.45) is 0 Å². The van der Waals surface area contributed by atoms with Gasteiger partial charge in [-0.15, -0.1) is 0 Å². The summed E-state index contributed by atoms with van der Waals surface area (Å²) in [6, 6.07) is 53.7. The van der Waals surface area contributed by atoms with E-state index in [4.69, 9.17) is 0 Å². The van der Waals surface area contributed by atoms with E-state index in [1.54, 1.807) is 0 Å². The van der Waals surface area contributed by atoms with E-state index in [0.29, 0.717) is 0 Å². The number of nitrogens with zero attached hydrogens (tertiary/aromatic N) is 3. The Kier molecular flexibility index (Phi) is 5.91. The summed E-state index contributed by atoms with van der Waals surface area (Å²) in [6.07, 6.45) is 0. The van der Waals surface area contributed by atoms with Gasteiger partial charge < -0.3 is 15.0 Å². The second-order valence-electron chi connectivity index (χ2n) is 9.73. The van der Waals surface area contributed by atoms with Gasteiger partial charge in [-0.3, -0.25) is 0 Å². The van der Waals surface area contributed by atoms with Crippen molar-refractivity contribution in [1.29, 1.82) is 0 Å². The van der Waals surface area contributed by atoms with Crippen LogP contribution in [-0.2, 0) is 0 Å². The van der Waals surface area contributed by atoms with Crippen LogP contribution in [0.1, 0.15) is 0 Å². The summed E-state index contributed by atoms with van der Waals surface area (Å²) in [4.78, 5) is 4.41. The Balaban J connectivity index is 1.39. The summed E-state index contributed by atoms with van der Waals surface area (Å²) in [5.74, 6) is 0. The van der Waals surface area contributed by atoms with Crippen molar-refractivity contribution < 1.29 is 5.21 Å². The van der Waals surface area contributed by atoms with E-state index >= 15 is 0 Å². The molecule has 0 atom stereocenters. The van der Waals surface area contributed by atoms with Crippen molar-refractivity contribution in [2.45, 2.75) is 0 Å². The first-order valence-corrected chi connectivity index (χ1v) is 13.4. The van der Waals surface area contributed by atoms with Crippen LogP contribution in [0.5, 0.6) is 0 Å². The molecule has 0 fully saturated rings. The maximum absolute atomic E-state index is 11.5. The average Bonchev–Trinajstić information content (AvgIpc) is 3.30. The number of aromatic nitrogens is 1. The Labute approximate surface area is 233 Å². The molecule has 4 heteroatoms. The van der Waals surface area contributed by atoms with Gasteiger partial charge in [0.2, 0.25) is 0 Å². The molecule has 1 N–H and O–H groups in total. The van der Waals surface area contributed by atoms with Gasteiger partial charge in [0.15, 0.2) is 0 Å². The van der Waals surface area contributed by atoms with Crippen LogP contribution in [0.25, 0.3) is 21.8 Å². The first-order chi connectivity index (χ1) is 19.8. The minimum atomic E-state index is 0.757. The van der Waals surface area contributed by atoms with Gasteiger partial charge in [0.05, 0.1) is 11.0 Å². The molecule has 0 saturated carbocycles. The van der Waals surface area contributed by atoms with E-state index < -0.39 is 0 Å². The lowest BCUT2D eigenvalue weighted by molar-refractivity contribution is 0.213. The zero-order valence-electron chi connectivity index (χ0n) is 21.8. The van der Waals surface area contributed by atoms with Crippen LogP contribution in [0.2, 0.25) is 0 Å². The Morgan fingerprint density at radius 2 is 0.650 bits per heavy atom. The highest BCUT2D eigenvalue weighted by molar-refractivity contribution is 6.10. The third-order valence-corrected chi connectivity index (χ3v) is 7.28. The molecule has 4 nitrogen and oxygen atoms in total. The molecule has 0 radical (unpaired) electrons. The van der Waals surface area contributed by atoms with Crippen molar-refractivity contribution in [3.8, 4) is 0 Å². The molecule has 0 aliphatic heterocycles. The van der Waals surface area contributed by atoms with Crippen LogP contribution in [-0.4, -0.2) is 9.94 Å². The number of rotatable bonds is 6. The molecule has 1 heterocycles. The normalized spacial score (nSPS) is 11.1. The summed E-state index contributed by atoms with van der Waals surface area (Å²) >= 11 is 0. The summed E-state index contributed by atoms with van der Waals surface area (Å²) in [7, 11) is 0. The summed E-state index contributed by atoms with van der Waals surface area (Å²) < 4.78 is 1.32. The fraction of sp³-hybridized carbons (Fsp3) is 0. The number of para-hydroxylation sites is 4. The molecule has 1 aromatic heterocycles. The van der Waals surface area contributed by atoms with Crippen LogP contribution in [0, 0.1) is 0 Å². The molecule has 7 aromatic rings. The van der Waals surface area contributed by atoms with E-state index in [1.165, 1.54) is 4.73 Å². The molecular weight excluding hydrogens is 490 g/mol. The SMILES string of the molecule is On1c2cc(N(c3ccccc3)c3ccccc3)ccc2c2ccc(N(c3ccccc3)c3ccccc3)cc21. The number of hydrogen-bond acceptors (Lipinski definition) is 3. The van der Waals surface area contributed by atoms with E-state index in [-0.39, 0.29) is 0 Å². The average molecular weight is 518 g/mol. The molecule has 0 saturated heterocycles. The number of benzene rings is 6. The second-order valence-corrected chi connectivity index (χ2v) is 9.73. The van der Waals surface area contributed by atoms with Crippen molar-refractivity contribution in [3.05, 3.63) is 158 Å². The minimum absolute atomic E-state index is 0.757. The van der Waals surface area contributed by atoms with Crippen LogP contribution in [0.15, 0.2) is 158 Å². The smallest absolute Gasteiger partial charge is 0.0899 e. The van der Waals surface area contributed by atoms with Gasteiger partial charge in [-0.1, -0.05) is 72.8 Å². The molecule has 0 aliphatic rings. The topological polar surface area (TPSA) is 31.6 Å². The molecule has 6 aromatic carbocycles. The van der Waals surface area contributed by atoms with E-state index in [1.807, 2.05) is 72.8 Å². The van der Waals surface area contributed by atoms with E-state index in [9.17, 15) is 5.21 Å². The fourth-order valence-corrected chi connectivity index (χ4v) is 5.46. The molecular formula is C36H27N3O. The highest BCUT2D eigenvalue weighted by Crippen LogP contribution is 2.40. The highest BCUT2D eigenvalue weighted by Gasteiger charge is 2.18. The van der Waals surface area contributed by atoms with Gasteiger partial charge in [-0.25, -0.2) is 0 Å². The van der Waals surface area contributed by atoms with Gasteiger partial charge in [-0.2, -0.15) is 4.73 Å². The number of hydrogen-bond donors (Lipinski definition) is 1. The first-order valence-electron chi connectivity index (χ1n) is 13.4. The Hall–Kier alpha value is -5.48. The zero-order chi connectivity index (χ0) is 26.9. The maximum atomic E-state index is 11.5. The Morgan fingerprint density at radius 1 is 0.350 bits per heavy atom. The van der Waals surface area contributed by atoms with Crippen LogP contribution >= 0.6 is 0 Å². The lowest BCUT2D eigenvalue weighted by atomic mass is 10.1. The quantitative estimate of drug-likeness (QED) is 0.223. The van der Waals surface area contributed by atoms with Crippen LogP contribution in [0.3, 0.4) is 0 Å². The lowest BCUT2D eigenvalue weighted by Gasteiger charge is -2.25. The maximum Gasteiger partial charge on any atom is 0.0899 e. The zero-order valence-corrected chi connectivity index (χ0v) is 21.8. The summed E-state index contributed by atoms with van der Waals surface area (Å²) in [5, 5.41) is 13.5. The van der Waals surface area contributed by atoms with Gasteiger partial charge in [0.1, 0.15) is 0 Å². The molecule has 0 aliphatic carbocycles. The molecule has 192 valence electrons. The molecule has 40 heavy (non-hydrogen) atoms. The largest absolute Gasteiger partial charge is 0.428 e. The minimum Gasteiger partial charge on any atom is -0.428 e. The summed E-state index contributed by atoms with van der Waals surface area (Å²) in [6.45, 7) is 0. The predicted octanol–water partition coefficient (Wildman–Crippen LogP) is 9.97. The fourth-order valence-electron chi connectivity index (χ4n) is 5.46. The molecule has 7 rings (SSSR count). The predicted molar refractivity (Wildman–Crippen MR) is 166 cm³/mol. The van der Waals surface area contributed by atoms with Crippen LogP contribution in [0.4, 0.5) is 34.1 Å². The van der Waals surface area contributed by atoms with Crippen molar-refractivity contribution in [2.75, 3.05) is 9.80 Å². The van der Waals surface area contributed by atoms with Gasteiger partial charge in [-0.05, 0) is 84.9 Å². The number of fused-ring (bicyclic) bond motifs is 3.